The molecule has 0 spiro atoms. The molecule has 2 amide bonds. The van der Waals surface area contributed by atoms with E-state index in [0.29, 0.717) is 23.8 Å². The summed E-state index contributed by atoms with van der Waals surface area (Å²) in [4.78, 5) is 26.8. The van der Waals surface area contributed by atoms with E-state index in [1.54, 1.807) is 19.1 Å². The predicted molar refractivity (Wildman–Crippen MR) is 116 cm³/mol. The Hall–Kier alpha value is -3.19. The predicted octanol–water partition coefficient (Wildman–Crippen LogP) is 3.75. The SMILES string of the molecule is CCOc1cc(/C=C2\C(=O)NC(=S)N(c3ccc(C(C)C)cc3)C2=O)ccc1O. The van der Waals surface area contributed by atoms with E-state index in [9.17, 15) is 14.7 Å². The quantitative estimate of drug-likeness (QED) is 0.446. The Bertz CT molecular complexity index is 996. The van der Waals surface area contributed by atoms with Crippen molar-refractivity contribution in [2.24, 2.45) is 0 Å². The van der Waals surface area contributed by atoms with Crippen LogP contribution in [0.4, 0.5) is 5.69 Å². The summed E-state index contributed by atoms with van der Waals surface area (Å²) in [5, 5.41) is 12.4. The van der Waals surface area contributed by atoms with E-state index in [1.165, 1.54) is 17.0 Å². The first kappa shape index (κ1) is 20.5. The van der Waals surface area contributed by atoms with Crippen molar-refractivity contribution in [2.75, 3.05) is 11.5 Å². The summed E-state index contributed by atoms with van der Waals surface area (Å²) < 4.78 is 5.36. The van der Waals surface area contributed by atoms with Crippen LogP contribution >= 0.6 is 12.2 Å². The van der Waals surface area contributed by atoms with E-state index in [2.05, 4.69) is 19.2 Å². The monoisotopic (exact) mass is 410 g/mol. The molecule has 1 fully saturated rings. The molecule has 3 rings (SSSR count). The molecule has 1 heterocycles. The first-order valence-corrected chi connectivity index (χ1v) is 9.70. The average Bonchev–Trinajstić information content (AvgIpc) is 2.68. The molecule has 0 aliphatic carbocycles. The number of nitrogens with zero attached hydrogens (tertiary/aromatic N) is 1. The molecule has 7 heteroatoms. The Balaban J connectivity index is 1.96. The lowest BCUT2D eigenvalue weighted by atomic mass is 10.0. The van der Waals surface area contributed by atoms with Gasteiger partial charge in [0, 0.05) is 0 Å². The van der Waals surface area contributed by atoms with Crippen molar-refractivity contribution in [3.8, 4) is 11.5 Å². The van der Waals surface area contributed by atoms with Crippen molar-refractivity contribution >= 4 is 40.9 Å². The van der Waals surface area contributed by atoms with Gasteiger partial charge in [0.1, 0.15) is 5.57 Å². The van der Waals surface area contributed by atoms with Gasteiger partial charge in [0.05, 0.1) is 12.3 Å². The Labute approximate surface area is 174 Å². The number of benzene rings is 2. The summed E-state index contributed by atoms with van der Waals surface area (Å²) in [5.41, 5.74) is 2.21. The van der Waals surface area contributed by atoms with Gasteiger partial charge in [-0.2, -0.15) is 0 Å². The molecule has 2 aromatic carbocycles. The van der Waals surface area contributed by atoms with Crippen LogP contribution in [0, 0.1) is 0 Å². The Morgan fingerprint density at radius 3 is 2.48 bits per heavy atom. The Morgan fingerprint density at radius 2 is 1.86 bits per heavy atom. The van der Waals surface area contributed by atoms with Crippen LogP contribution in [0.2, 0.25) is 0 Å². The lowest BCUT2D eigenvalue weighted by Gasteiger charge is -2.29. The Morgan fingerprint density at radius 1 is 1.17 bits per heavy atom. The van der Waals surface area contributed by atoms with Gasteiger partial charge in [-0.1, -0.05) is 32.0 Å². The van der Waals surface area contributed by atoms with Crippen LogP contribution in [0.3, 0.4) is 0 Å². The van der Waals surface area contributed by atoms with E-state index >= 15 is 0 Å². The van der Waals surface area contributed by atoms with Crippen molar-refractivity contribution in [3.63, 3.8) is 0 Å². The van der Waals surface area contributed by atoms with Crippen LogP contribution in [0.1, 0.15) is 37.8 Å². The van der Waals surface area contributed by atoms with Gasteiger partial charge in [0.2, 0.25) is 0 Å². The van der Waals surface area contributed by atoms with E-state index in [1.807, 2.05) is 24.3 Å². The maximum absolute atomic E-state index is 13.1. The fraction of sp³-hybridized carbons (Fsp3) is 0.227. The van der Waals surface area contributed by atoms with Crippen molar-refractivity contribution in [2.45, 2.75) is 26.7 Å². The van der Waals surface area contributed by atoms with Crippen molar-refractivity contribution in [3.05, 3.63) is 59.2 Å². The molecule has 0 unspecified atom stereocenters. The maximum Gasteiger partial charge on any atom is 0.270 e. The molecule has 2 aromatic rings. The largest absolute Gasteiger partial charge is 0.504 e. The number of phenolic OH excluding ortho intramolecular Hbond substituents is 1. The standard InChI is InChI=1S/C22H22N2O4S/c1-4-28-19-12-14(5-10-18(19)25)11-17-20(26)23-22(29)24(21(17)27)16-8-6-15(7-9-16)13(2)3/h5-13,25H,4H2,1-3H3,(H,23,26,29)/b17-11+. The van der Waals surface area contributed by atoms with Gasteiger partial charge in [0.25, 0.3) is 11.8 Å². The smallest absolute Gasteiger partial charge is 0.270 e. The number of carbonyl (C=O) groups is 2. The van der Waals surface area contributed by atoms with Gasteiger partial charge in [-0.05, 0) is 66.5 Å². The first-order chi connectivity index (χ1) is 13.8. The van der Waals surface area contributed by atoms with E-state index in [-0.39, 0.29) is 22.2 Å². The topological polar surface area (TPSA) is 78.9 Å². The zero-order valence-corrected chi connectivity index (χ0v) is 17.2. The summed E-state index contributed by atoms with van der Waals surface area (Å²) >= 11 is 5.23. The van der Waals surface area contributed by atoms with Gasteiger partial charge in [0.15, 0.2) is 16.6 Å². The van der Waals surface area contributed by atoms with E-state index < -0.39 is 11.8 Å². The normalized spacial score (nSPS) is 15.8. The zero-order chi connectivity index (χ0) is 21.1. The van der Waals surface area contributed by atoms with E-state index in [0.717, 1.165) is 5.56 Å². The second-order valence-electron chi connectivity index (χ2n) is 6.86. The van der Waals surface area contributed by atoms with Crippen LogP contribution < -0.4 is 15.0 Å². The molecule has 1 saturated heterocycles. The Kier molecular flexibility index (Phi) is 5.98. The minimum atomic E-state index is -0.568. The fourth-order valence-corrected chi connectivity index (χ4v) is 3.24. The van der Waals surface area contributed by atoms with Gasteiger partial charge in [-0.3, -0.25) is 19.8 Å². The second-order valence-corrected chi connectivity index (χ2v) is 7.25. The average molecular weight is 410 g/mol. The molecule has 150 valence electrons. The number of ether oxygens (including phenoxy) is 1. The lowest BCUT2D eigenvalue weighted by molar-refractivity contribution is -0.122. The van der Waals surface area contributed by atoms with Gasteiger partial charge in [-0.25, -0.2) is 0 Å². The highest BCUT2D eigenvalue weighted by molar-refractivity contribution is 7.80. The third kappa shape index (κ3) is 4.30. The molecule has 0 aromatic heterocycles. The van der Waals surface area contributed by atoms with Gasteiger partial charge in [-0.15, -0.1) is 0 Å². The summed E-state index contributed by atoms with van der Waals surface area (Å²) in [6.07, 6.45) is 1.46. The van der Waals surface area contributed by atoms with Crippen LogP contribution in [0.15, 0.2) is 48.0 Å². The van der Waals surface area contributed by atoms with Gasteiger partial charge < -0.3 is 9.84 Å². The van der Waals surface area contributed by atoms with Crippen LogP contribution in [0.5, 0.6) is 11.5 Å². The van der Waals surface area contributed by atoms with Gasteiger partial charge >= 0.3 is 0 Å². The molecule has 1 aliphatic heterocycles. The van der Waals surface area contributed by atoms with Crippen molar-refractivity contribution < 1.29 is 19.4 Å². The van der Waals surface area contributed by atoms with Crippen LogP contribution in [0.25, 0.3) is 6.08 Å². The molecule has 1 aliphatic rings. The third-order valence-electron chi connectivity index (χ3n) is 4.51. The molecular formula is C22H22N2O4S. The highest BCUT2D eigenvalue weighted by Gasteiger charge is 2.34. The van der Waals surface area contributed by atoms with Crippen LogP contribution in [-0.2, 0) is 9.59 Å². The number of hydrogen-bond acceptors (Lipinski definition) is 5. The molecule has 6 nitrogen and oxygen atoms in total. The number of amides is 2. The minimum Gasteiger partial charge on any atom is -0.504 e. The van der Waals surface area contributed by atoms with Crippen molar-refractivity contribution in [1.29, 1.82) is 0 Å². The number of aromatic hydroxyl groups is 1. The number of thiocarbonyl (C=S) groups is 1. The minimum absolute atomic E-state index is 0.0125. The van der Waals surface area contributed by atoms with Crippen LogP contribution in [-0.4, -0.2) is 28.6 Å². The number of rotatable bonds is 5. The number of phenols is 1. The summed E-state index contributed by atoms with van der Waals surface area (Å²) in [6, 6.07) is 12.1. The first-order valence-electron chi connectivity index (χ1n) is 9.29. The molecule has 0 bridgehead atoms. The molecule has 0 atom stereocenters. The highest BCUT2D eigenvalue weighted by atomic mass is 32.1. The molecule has 2 N–H and O–H groups in total. The maximum atomic E-state index is 13.1. The second kappa shape index (κ2) is 8.45. The summed E-state index contributed by atoms with van der Waals surface area (Å²) in [6.45, 7) is 6.34. The van der Waals surface area contributed by atoms with Crippen molar-refractivity contribution in [1.82, 2.24) is 5.32 Å². The fourth-order valence-electron chi connectivity index (χ4n) is 2.96. The molecular weight excluding hydrogens is 388 g/mol. The lowest BCUT2D eigenvalue weighted by Crippen LogP contribution is -2.54. The third-order valence-corrected chi connectivity index (χ3v) is 4.80. The number of hydrogen-bond donors (Lipinski definition) is 2. The zero-order valence-electron chi connectivity index (χ0n) is 16.4. The summed E-state index contributed by atoms with van der Waals surface area (Å²) in [5.74, 6) is -0.455. The van der Waals surface area contributed by atoms with E-state index in [4.69, 9.17) is 17.0 Å². The highest BCUT2D eigenvalue weighted by Crippen LogP contribution is 2.29. The molecule has 29 heavy (non-hydrogen) atoms. The molecule has 0 radical (unpaired) electrons. The number of anilines is 1. The molecule has 0 saturated carbocycles. The number of carbonyl (C=O) groups excluding carboxylic acids is 2. The number of nitrogens with one attached hydrogen (secondary N) is 1. The summed E-state index contributed by atoms with van der Waals surface area (Å²) in [7, 11) is 0.